The van der Waals surface area contributed by atoms with Crippen LogP contribution in [0.25, 0.3) is 61.7 Å². The zero-order valence-corrected chi connectivity index (χ0v) is 32.9. The summed E-state index contributed by atoms with van der Waals surface area (Å²) in [6.07, 6.45) is 11.5. The number of hydrogen-bond donors (Lipinski definition) is 0. The number of benzene rings is 8. The van der Waals surface area contributed by atoms with Crippen molar-refractivity contribution in [2.45, 2.75) is 64.5 Å². The lowest BCUT2D eigenvalue weighted by molar-refractivity contribution is 0.619. The first kappa shape index (κ1) is 33.2. The summed E-state index contributed by atoms with van der Waals surface area (Å²) in [6.45, 7) is 11.8. The van der Waals surface area contributed by atoms with E-state index in [1.165, 1.54) is 99.6 Å². The Morgan fingerprint density at radius 1 is 0.607 bits per heavy atom. The molecule has 0 saturated heterocycles. The number of fused-ring (bicyclic) bond motifs is 5. The van der Waals surface area contributed by atoms with Crippen molar-refractivity contribution in [3.05, 3.63) is 173 Å². The predicted molar refractivity (Wildman–Crippen MR) is 241 cm³/mol. The average Bonchev–Trinajstić information content (AvgIpc) is 3.43. The Bertz CT molecular complexity index is 2960. The number of rotatable bonds is 4. The maximum absolute atomic E-state index is 2.59. The van der Waals surface area contributed by atoms with Crippen LogP contribution in [-0.2, 0) is 11.8 Å². The lowest BCUT2D eigenvalue weighted by Gasteiger charge is -2.42. The van der Waals surface area contributed by atoms with Gasteiger partial charge in [-0.05, 0) is 135 Å². The summed E-state index contributed by atoms with van der Waals surface area (Å²) in [5.41, 5.74) is 15.5. The van der Waals surface area contributed by atoms with E-state index in [1.54, 1.807) is 0 Å². The van der Waals surface area contributed by atoms with Gasteiger partial charge in [-0.1, -0.05) is 141 Å². The zero-order chi connectivity index (χ0) is 37.9. The van der Waals surface area contributed by atoms with E-state index in [1.807, 2.05) is 0 Å². The topological polar surface area (TPSA) is 6.48 Å². The molecule has 1 atom stereocenters. The van der Waals surface area contributed by atoms with Crippen molar-refractivity contribution < 1.29 is 0 Å². The number of hydrogen-bond acceptors (Lipinski definition) is 2. The summed E-state index contributed by atoms with van der Waals surface area (Å²) in [4.78, 5) is 5.09. The predicted octanol–water partition coefficient (Wildman–Crippen LogP) is 14.5. The molecule has 272 valence electrons. The lowest BCUT2D eigenvalue weighted by atomic mass is 9.81. The van der Waals surface area contributed by atoms with Crippen molar-refractivity contribution in [1.29, 1.82) is 0 Å². The molecule has 0 amide bonds. The maximum Gasteiger partial charge on any atom is 0.0580 e. The quantitative estimate of drug-likeness (QED) is 0.132. The third-order valence-electron chi connectivity index (χ3n) is 13.3. The molecule has 2 nitrogen and oxygen atoms in total. The molecule has 0 aromatic heterocycles. The van der Waals surface area contributed by atoms with Gasteiger partial charge < -0.3 is 9.80 Å². The molecule has 1 unspecified atom stereocenters. The highest BCUT2D eigenvalue weighted by atomic mass is 15.2. The van der Waals surface area contributed by atoms with E-state index in [0.29, 0.717) is 6.04 Å². The van der Waals surface area contributed by atoms with Gasteiger partial charge in [0.15, 0.2) is 0 Å². The van der Waals surface area contributed by atoms with Crippen LogP contribution in [0.4, 0.5) is 22.7 Å². The molecule has 0 N–H and O–H groups in total. The average molecular weight is 723 g/mol. The number of nitrogens with zero attached hydrogens (tertiary/aromatic N) is 2. The minimum Gasteiger partial charge on any atom is -0.338 e. The summed E-state index contributed by atoms with van der Waals surface area (Å²) >= 11 is 0. The standard InChI is InChI=1S/C54H46N2/c1-34-14-17-37-10-6-8-12-48(37)55(34)50-29-23-40-21-26-42-36(19-20-39-22-27-45(50)52(40)51(39)42)18-15-35-16-25-43-44-28-24-41(33-47(44)54(4,5)46(43)32-35)56-49-13-9-7-11-38(49)30-31-53(56,2)3/h6-13,15-16,18-34H,14,17H2,1-5H3. The van der Waals surface area contributed by atoms with Gasteiger partial charge in [0.05, 0.1) is 5.54 Å². The third-order valence-corrected chi connectivity index (χ3v) is 13.3. The summed E-state index contributed by atoms with van der Waals surface area (Å²) < 4.78 is 0. The number of anilines is 4. The van der Waals surface area contributed by atoms with Gasteiger partial charge in [-0.2, -0.15) is 0 Å². The second kappa shape index (κ2) is 11.9. The van der Waals surface area contributed by atoms with Crippen LogP contribution >= 0.6 is 0 Å². The van der Waals surface area contributed by atoms with Gasteiger partial charge in [0, 0.05) is 39.6 Å². The second-order valence-electron chi connectivity index (χ2n) is 17.4. The summed E-state index contributed by atoms with van der Waals surface area (Å²) in [7, 11) is 0. The van der Waals surface area contributed by atoms with E-state index < -0.39 is 0 Å². The van der Waals surface area contributed by atoms with Crippen molar-refractivity contribution >= 4 is 73.3 Å². The van der Waals surface area contributed by atoms with Gasteiger partial charge >= 0.3 is 0 Å². The molecule has 11 rings (SSSR count). The van der Waals surface area contributed by atoms with Gasteiger partial charge in [0.2, 0.25) is 0 Å². The minimum absolute atomic E-state index is 0.128. The lowest BCUT2D eigenvalue weighted by Crippen LogP contribution is -2.40. The molecular formula is C54H46N2. The number of aryl methyl sites for hydroxylation is 1. The van der Waals surface area contributed by atoms with Crippen molar-refractivity contribution in [3.8, 4) is 11.1 Å². The smallest absolute Gasteiger partial charge is 0.0580 e. The van der Waals surface area contributed by atoms with Crippen molar-refractivity contribution in [2.75, 3.05) is 9.80 Å². The maximum atomic E-state index is 2.59. The van der Waals surface area contributed by atoms with Crippen LogP contribution in [0.15, 0.2) is 140 Å². The van der Waals surface area contributed by atoms with Crippen molar-refractivity contribution in [2.24, 2.45) is 0 Å². The van der Waals surface area contributed by atoms with E-state index in [4.69, 9.17) is 0 Å². The molecule has 8 aromatic rings. The minimum atomic E-state index is -0.137. The van der Waals surface area contributed by atoms with Gasteiger partial charge in [-0.15, -0.1) is 0 Å². The third kappa shape index (κ3) is 4.81. The first-order valence-electron chi connectivity index (χ1n) is 20.3. The van der Waals surface area contributed by atoms with E-state index in [9.17, 15) is 0 Å². The van der Waals surface area contributed by atoms with Gasteiger partial charge in [-0.25, -0.2) is 0 Å². The summed E-state index contributed by atoms with van der Waals surface area (Å²) in [5, 5.41) is 7.96. The fourth-order valence-electron chi connectivity index (χ4n) is 10.4. The molecule has 0 radical (unpaired) electrons. The molecule has 3 aliphatic rings. The largest absolute Gasteiger partial charge is 0.338 e. The van der Waals surface area contributed by atoms with Gasteiger partial charge in [0.25, 0.3) is 0 Å². The molecule has 0 bridgehead atoms. The van der Waals surface area contributed by atoms with Gasteiger partial charge in [-0.3, -0.25) is 0 Å². The van der Waals surface area contributed by atoms with E-state index in [0.717, 1.165) is 12.8 Å². The molecular weight excluding hydrogens is 677 g/mol. The van der Waals surface area contributed by atoms with Crippen molar-refractivity contribution in [3.63, 3.8) is 0 Å². The highest BCUT2D eigenvalue weighted by molar-refractivity contribution is 6.26. The molecule has 0 saturated carbocycles. The van der Waals surface area contributed by atoms with Gasteiger partial charge in [0.1, 0.15) is 0 Å². The fourth-order valence-corrected chi connectivity index (χ4v) is 10.4. The van der Waals surface area contributed by atoms with E-state index >= 15 is 0 Å². The molecule has 56 heavy (non-hydrogen) atoms. The monoisotopic (exact) mass is 722 g/mol. The number of para-hydroxylation sites is 2. The fraction of sp³-hybridized carbons (Fsp3) is 0.185. The Labute approximate surface area is 330 Å². The first-order valence-corrected chi connectivity index (χ1v) is 20.3. The molecule has 2 aliphatic heterocycles. The molecule has 2 heteroatoms. The Morgan fingerprint density at radius 3 is 2.12 bits per heavy atom. The highest BCUT2D eigenvalue weighted by Gasteiger charge is 2.38. The van der Waals surface area contributed by atoms with Crippen LogP contribution in [0.2, 0.25) is 0 Å². The molecule has 0 fully saturated rings. The van der Waals surface area contributed by atoms with Crippen LogP contribution in [-0.4, -0.2) is 11.6 Å². The first-order chi connectivity index (χ1) is 27.2. The van der Waals surface area contributed by atoms with E-state index in [2.05, 4.69) is 202 Å². The Balaban J connectivity index is 0.963. The Morgan fingerprint density at radius 2 is 1.29 bits per heavy atom. The second-order valence-corrected chi connectivity index (χ2v) is 17.4. The Kier molecular flexibility index (Phi) is 7.09. The normalized spacial score (nSPS) is 17.8. The van der Waals surface area contributed by atoms with Crippen LogP contribution in [0.1, 0.15) is 74.4 Å². The molecule has 8 aromatic carbocycles. The molecule has 1 aliphatic carbocycles. The Hall–Kier alpha value is -6.12. The van der Waals surface area contributed by atoms with Crippen LogP contribution in [0.3, 0.4) is 0 Å². The molecule has 0 spiro atoms. The zero-order valence-electron chi connectivity index (χ0n) is 32.9. The van der Waals surface area contributed by atoms with Crippen LogP contribution in [0, 0.1) is 0 Å². The van der Waals surface area contributed by atoms with E-state index in [-0.39, 0.29) is 11.0 Å². The summed E-state index contributed by atoms with van der Waals surface area (Å²) in [6, 6.07) is 51.0. The van der Waals surface area contributed by atoms with Crippen LogP contribution < -0.4 is 9.80 Å². The highest BCUT2D eigenvalue weighted by Crippen LogP contribution is 2.52. The SMILES string of the molecule is CC1CCc2ccccc2N1c1ccc2ccc3c(C=Cc4ccc5c(c4)C(C)(C)c4cc(N6c7ccccc7C=CC6(C)C)ccc4-5)ccc4ccc1c2c43. The molecule has 2 heterocycles. The summed E-state index contributed by atoms with van der Waals surface area (Å²) in [5.74, 6) is 0. The van der Waals surface area contributed by atoms with Crippen LogP contribution in [0.5, 0.6) is 0 Å². The van der Waals surface area contributed by atoms with Crippen molar-refractivity contribution in [1.82, 2.24) is 0 Å².